The van der Waals surface area contributed by atoms with Gasteiger partial charge in [0.25, 0.3) is 0 Å². The SMILES string of the molecule is O=C(O)CC(NC(=O)CC1CSCCS1)c1ccc(F)cc1. The number of amides is 1. The molecule has 0 saturated carbocycles. The third-order valence-corrected chi connectivity index (χ3v) is 6.13. The fraction of sp³-hybridized carbons (Fsp3) is 0.467. The largest absolute Gasteiger partial charge is 0.481 e. The number of halogens is 1. The molecule has 4 nitrogen and oxygen atoms in total. The number of rotatable bonds is 6. The van der Waals surface area contributed by atoms with Crippen LogP contribution in [-0.4, -0.2) is 39.5 Å². The maximum absolute atomic E-state index is 13.0. The zero-order valence-electron chi connectivity index (χ0n) is 12.0. The van der Waals surface area contributed by atoms with Gasteiger partial charge in [0.1, 0.15) is 5.82 Å². The van der Waals surface area contributed by atoms with Gasteiger partial charge in [-0.15, -0.1) is 0 Å². The van der Waals surface area contributed by atoms with Gasteiger partial charge in [-0.05, 0) is 17.7 Å². The van der Waals surface area contributed by atoms with E-state index in [2.05, 4.69) is 5.32 Å². The van der Waals surface area contributed by atoms with Gasteiger partial charge in [-0.2, -0.15) is 23.5 Å². The smallest absolute Gasteiger partial charge is 0.305 e. The average molecular weight is 343 g/mol. The average Bonchev–Trinajstić information content (AvgIpc) is 2.48. The molecule has 22 heavy (non-hydrogen) atoms. The molecular formula is C15H18FNO3S2. The second-order valence-electron chi connectivity index (χ2n) is 5.04. The Bertz CT molecular complexity index is 518. The van der Waals surface area contributed by atoms with Gasteiger partial charge >= 0.3 is 5.97 Å². The van der Waals surface area contributed by atoms with Gasteiger partial charge in [-0.1, -0.05) is 12.1 Å². The summed E-state index contributed by atoms with van der Waals surface area (Å²) in [7, 11) is 0. The van der Waals surface area contributed by atoms with Crippen LogP contribution in [0.15, 0.2) is 24.3 Å². The first-order valence-electron chi connectivity index (χ1n) is 7.00. The Morgan fingerprint density at radius 2 is 2.05 bits per heavy atom. The van der Waals surface area contributed by atoms with Gasteiger partial charge in [0.05, 0.1) is 12.5 Å². The van der Waals surface area contributed by atoms with Gasteiger partial charge < -0.3 is 10.4 Å². The molecule has 1 saturated heterocycles. The van der Waals surface area contributed by atoms with Crippen molar-refractivity contribution in [1.82, 2.24) is 5.32 Å². The van der Waals surface area contributed by atoms with Crippen LogP contribution in [0, 0.1) is 5.82 Å². The standard InChI is InChI=1S/C15H18FNO3S2/c16-11-3-1-10(2-4-11)13(8-15(19)20)17-14(18)7-12-9-21-5-6-22-12/h1-4,12-13H,5-9H2,(H,17,18)(H,19,20). The molecule has 0 spiro atoms. The third kappa shape index (κ3) is 5.53. The molecule has 2 rings (SSSR count). The van der Waals surface area contributed by atoms with Crippen LogP contribution in [0.4, 0.5) is 4.39 Å². The highest BCUT2D eigenvalue weighted by atomic mass is 32.2. The molecule has 7 heteroatoms. The number of carboxylic acid groups (broad SMARTS) is 1. The lowest BCUT2D eigenvalue weighted by Gasteiger charge is -2.22. The van der Waals surface area contributed by atoms with Crippen molar-refractivity contribution < 1.29 is 19.1 Å². The minimum atomic E-state index is -1.00. The Labute approximate surface area is 137 Å². The number of hydrogen-bond acceptors (Lipinski definition) is 4. The molecule has 2 N–H and O–H groups in total. The number of carbonyl (C=O) groups excluding carboxylic acids is 1. The molecule has 0 aliphatic carbocycles. The van der Waals surface area contributed by atoms with E-state index in [1.54, 1.807) is 11.8 Å². The molecule has 1 aromatic rings. The van der Waals surface area contributed by atoms with Crippen molar-refractivity contribution in [1.29, 1.82) is 0 Å². The van der Waals surface area contributed by atoms with Crippen LogP contribution in [-0.2, 0) is 9.59 Å². The van der Waals surface area contributed by atoms with Gasteiger partial charge in [-0.25, -0.2) is 4.39 Å². The summed E-state index contributed by atoms with van der Waals surface area (Å²) in [6, 6.07) is 4.92. The molecule has 1 aliphatic heterocycles. The van der Waals surface area contributed by atoms with Crippen molar-refractivity contribution in [3.05, 3.63) is 35.6 Å². The predicted molar refractivity (Wildman–Crippen MR) is 87.7 cm³/mol. The lowest BCUT2D eigenvalue weighted by atomic mass is 10.0. The van der Waals surface area contributed by atoms with Crippen molar-refractivity contribution in [2.24, 2.45) is 0 Å². The van der Waals surface area contributed by atoms with E-state index >= 15 is 0 Å². The van der Waals surface area contributed by atoms with E-state index in [1.165, 1.54) is 24.3 Å². The first-order chi connectivity index (χ1) is 10.5. The van der Waals surface area contributed by atoms with Crippen LogP contribution < -0.4 is 5.32 Å². The number of hydrogen-bond donors (Lipinski definition) is 2. The molecule has 2 unspecified atom stereocenters. The van der Waals surface area contributed by atoms with E-state index in [0.29, 0.717) is 12.0 Å². The molecule has 1 aliphatic rings. The van der Waals surface area contributed by atoms with Crippen molar-refractivity contribution in [2.45, 2.75) is 24.1 Å². The minimum Gasteiger partial charge on any atom is -0.481 e. The van der Waals surface area contributed by atoms with E-state index in [-0.39, 0.29) is 23.4 Å². The summed E-state index contributed by atoms with van der Waals surface area (Å²) >= 11 is 3.62. The predicted octanol–water partition coefficient (Wildman–Crippen LogP) is 2.70. The Balaban J connectivity index is 1.97. The number of benzene rings is 1. The summed E-state index contributed by atoms with van der Waals surface area (Å²) in [5.74, 6) is 1.55. The number of aliphatic carboxylic acids is 1. The van der Waals surface area contributed by atoms with Crippen LogP contribution in [0.1, 0.15) is 24.4 Å². The highest BCUT2D eigenvalue weighted by Crippen LogP contribution is 2.26. The molecule has 1 fully saturated rings. The topological polar surface area (TPSA) is 66.4 Å². The first-order valence-corrected chi connectivity index (χ1v) is 9.21. The number of nitrogens with one attached hydrogen (secondary N) is 1. The van der Waals surface area contributed by atoms with Crippen molar-refractivity contribution in [2.75, 3.05) is 17.3 Å². The molecule has 0 aromatic heterocycles. The van der Waals surface area contributed by atoms with Crippen LogP contribution in [0.3, 0.4) is 0 Å². The van der Waals surface area contributed by atoms with E-state index in [9.17, 15) is 14.0 Å². The molecular weight excluding hydrogens is 325 g/mol. The van der Waals surface area contributed by atoms with E-state index in [1.807, 2.05) is 11.8 Å². The first kappa shape index (κ1) is 17.1. The molecule has 1 aromatic carbocycles. The lowest BCUT2D eigenvalue weighted by molar-refractivity contribution is -0.137. The summed E-state index contributed by atoms with van der Waals surface area (Å²) in [4.78, 5) is 23.1. The third-order valence-electron chi connectivity index (χ3n) is 3.28. The quantitative estimate of drug-likeness (QED) is 0.831. The lowest BCUT2D eigenvalue weighted by Crippen LogP contribution is -2.33. The van der Waals surface area contributed by atoms with E-state index < -0.39 is 12.0 Å². The minimum absolute atomic E-state index is 0.157. The summed E-state index contributed by atoms with van der Waals surface area (Å²) < 4.78 is 13.0. The molecule has 1 amide bonds. The number of carbonyl (C=O) groups is 2. The Kier molecular flexibility index (Phi) is 6.57. The van der Waals surface area contributed by atoms with Gasteiger partial charge in [0.15, 0.2) is 0 Å². The van der Waals surface area contributed by atoms with Crippen LogP contribution in [0.25, 0.3) is 0 Å². The zero-order valence-corrected chi connectivity index (χ0v) is 13.6. The van der Waals surface area contributed by atoms with Crippen molar-refractivity contribution in [3.8, 4) is 0 Å². The maximum atomic E-state index is 13.0. The van der Waals surface area contributed by atoms with Gasteiger partial charge in [0.2, 0.25) is 5.91 Å². The van der Waals surface area contributed by atoms with Crippen LogP contribution in [0.2, 0.25) is 0 Å². The molecule has 120 valence electrons. The summed E-state index contributed by atoms with van der Waals surface area (Å²) in [5.41, 5.74) is 0.600. The Morgan fingerprint density at radius 1 is 1.32 bits per heavy atom. The van der Waals surface area contributed by atoms with E-state index in [4.69, 9.17) is 5.11 Å². The monoisotopic (exact) mass is 343 g/mol. The Morgan fingerprint density at radius 3 is 2.64 bits per heavy atom. The van der Waals surface area contributed by atoms with E-state index in [0.717, 1.165) is 17.3 Å². The zero-order chi connectivity index (χ0) is 15.9. The van der Waals surface area contributed by atoms with Gasteiger partial charge in [-0.3, -0.25) is 9.59 Å². The summed E-state index contributed by atoms with van der Waals surface area (Å²) in [6.07, 6.45) is 0.166. The highest BCUT2D eigenvalue weighted by Gasteiger charge is 2.22. The molecule has 0 radical (unpaired) electrons. The molecule has 1 heterocycles. The number of thioether (sulfide) groups is 2. The van der Waals surface area contributed by atoms with Crippen molar-refractivity contribution in [3.63, 3.8) is 0 Å². The second-order valence-corrected chi connectivity index (χ2v) is 7.60. The fourth-order valence-electron chi connectivity index (χ4n) is 2.24. The highest BCUT2D eigenvalue weighted by molar-refractivity contribution is 8.06. The van der Waals surface area contributed by atoms with Crippen LogP contribution >= 0.6 is 23.5 Å². The second kappa shape index (κ2) is 8.43. The summed E-state index contributed by atoms with van der Waals surface area (Å²) in [6.45, 7) is 0. The Hall–Kier alpha value is -1.21. The van der Waals surface area contributed by atoms with Gasteiger partial charge in [0, 0.05) is 28.9 Å². The number of carboxylic acids is 1. The molecule has 2 atom stereocenters. The molecule has 0 bridgehead atoms. The summed E-state index contributed by atoms with van der Waals surface area (Å²) in [5, 5.41) is 12.0. The fourth-order valence-corrected chi connectivity index (χ4v) is 4.92. The van der Waals surface area contributed by atoms with Crippen molar-refractivity contribution >= 4 is 35.4 Å². The normalized spacial score (nSPS) is 19.4. The maximum Gasteiger partial charge on any atom is 0.305 e. The van der Waals surface area contributed by atoms with Crippen LogP contribution in [0.5, 0.6) is 0 Å².